The number of esters is 1. The number of carbonyl (C=O) groups excluding carboxylic acids is 3. The van der Waals surface area contributed by atoms with E-state index >= 15 is 0 Å². The van der Waals surface area contributed by atoms with E-state index in [2.05, 4.69) is 10.6 Å². The lowest BCUT2D eigenvalue weighted by Crippen LogP contribution is -2.32. The van der Waals surface area contributed by atoms with Gasteiger partial charge in [0.05, 0.1) is 4.92 Å². The first-order valence-corrected chi connectivity index (χ1v) is 8.43. The molecule has 0 fully saturated rings. The summed E-state index contributed by atoms with van der Waals surface area (Å²) in [6, 6.07) is 7.54. The number of hydrogen-bond acceptors (Lipinski definition) is 6. The number of benzene rings is 2. The highest BCUT2D eigenvalue weighted by atomic mass is 19.1. The zero-order valence-corrected chi connectivity index (χ0v) is 15.7. The summed E-state index contributed by atoms with van der Waals surface area (Å²) in [5.41, 5.74) is 1.16. The number of rotatable bonds is 7. The van der Waals surface area contributed by atoms with Gasteiger partial charge in [0.2, 0.25) is 0 Å². The summed E-state index contributed by atoms with van der Waals surface area (Å²) < 4.78 is 17.6. The maximum atomic E-state index is 12.8. The van der Waals surface area contributed by atoms with E-state index in [1.165, 1.54) is 18.2 Å². The molecule has 2 amide bonds. The summed E-state index contributed by atoms with van der Waals surface area (Å²) in [4.78, 5) is 46.0. The molecule has 0 heterocycles. The molecule has 152 valence electrons. The Morgan fingerprint density at radius 1 is 1.10 bits per heavy atom. The third kappa shape index (κ3) is 5.83. The van der Waals surface area contributed by atoms with Crippen LogP contribution in [0.5, 0.6) is 0 Å². The van der Waals surface area contributed by atoms with Gasteiger partial charge in [0.15, 0.2) is 6.61 Å². The molecule has 9 nitrogen and oxygen atoms in total. The number of carbonyl (C=O) groups is 3. The minimum absolute atomic E-state index is 0.0284. The molecule has 29 heavy (non-hydrogen) atoms. The van der Waals surface area contributed by atoms with Crippen molar-refractivity contribution in [3.8, 4) is 0 Å². The summed E-state index contributed by atoms with van der Waals surface area (Å²) in [5.74, 6) is -2.76. The van der Waals surface area contributed by atoms with Gasteiger partial charge in [-0.25, -0.2) is 4.39 Å². The van der Waals surface area contributed by atoms with E-state index in [0.717, 1.165) is 17.7 Å². The summed E-state index contributed by atoms with van der Waals surface area (Å²) in [5, 5.41) is 15.8. The lowest BCUT2D eigenvalue weighted by atomic mass is 10.1. The number of halogens is 1. The number of nitro groups is 1. The number of nitrogens with zero attached hydrogens (tertiary/aromatic N) is 1. The lowest BCUT2D eigenvalue weighted by molar-refractivity contribution is -0.384. The van der Waals surface area contributed by atoms with Crippen LogP contribution in [0.2, 0.25) is 0 Å². The van der Waals surface area contributed by atoms with Crippen molar-refractivity contribution in [2.75, 3.05) is 18.5 Å². The highest BCUT2D eigenvalue weighted by molar-refractivity contribution is 5.97. The molecular formula is C19H18FN3O6. The van der Waals surface area contributed by atoms with E-state index in [-0.39, 0.29) is 16.9 Å². The maximum absolute atomic E-state index is 12.8. The normalized spacial score (nSPS) is 10.2. The third-order valence-electron chi connectivity index (χ3n) is 4.04. The molecule has 0 saturated carbocycles. The molecule has 0 aliphatic carbocycles. The minimum atomic E-state index is -0.883. The predicted octanol–water partition coefficient (Wildman–Crippen LogP) is 2.26. The molecule has 2 aromatic carbocycles. The van der Waals surface area contributed by atoms with Crippen molar-refractivity contribution in [2.24, 2.45) is 0 Å². The van der Waals surface area contributed by atoms with Gasteiger partial charge >= 0.3 is 5.97 Å². The van der Waals surface area contributed by atoms with Crippen LogP contribution in [0.25, 0.3) is 0 Å². The summed E-state index contributed by atoms with van der Waals surface area (Å²) >= 11 is 0. The number of aryl methyl sites for hydroxylation is 1. The second-order valence-corrected chi connectivity index (χ2v) is 6.06. The van der Waals surface area contributed by atoms with E-state index in [9.17, 15) is 28.9 Å². The quantitative estimate of drug-likeness (QED) is 0.415. The second kappa shape index (κ2) is 9.40. The Morgan fingerprint density at radius 3 is 2.38 bits per heavy atom. The number of anilines is 1. The van der Waals surface area contributed by atoms with E-state index in [1.807, 2.05) is 0 Å². The van der Waals surface area contributed by atoms with Crippen LogP contribution in [0.3, 0.4) is 0 Å². The molecule has 0 aliphatic rings. The molecule has 2 N–H and O–H groups in total. The van der Waals surface area contributed by atoms with Crippen LogP contribution in [0, 0.1) is 29.8 Å². The molecule has 0 radical (unpaired) electrons. The third-order valence-corrected chi connectivity index (χ3v) is 4.04. The van der Waals surface area contributed by atoms with Gasteiger partial charge in [-0.15, -0.1) is 0 Å². The number of ether oxygens (including phenoxy) is 1. The van der Waals surface area contributed by atoms with E-state index in [0.29, 0.717) is 5.56 Å². The van der Waals surface area contributed by atoms with Gasteiger partial charge in [0.25, 0.3) is 17.5 Å². The van der Waals surface area contributed by atoms with Gasteiger partial charge < -0.3 is 15.4 Å². The van der Waals surface area contributed by atoms with Crippen LogP contribution < -0.4 is 10.6 Å². The van der Waals surface area contributed by atoms with Gasteiger partial charge in [-0.3, -0.25) is 24.5 Å². The average molecular weight is 403 g/mol. The maximum Gasteiger partial charge on any atom is 0.325 e. The van der Waals surface area contributed by atoms with Gasteiger partial charge in [0, 0.05) is 11.6 Å². The van der Waals surface area contributed by atoms with Crippen molar-refractivity contribution in [1.82, 2.24) is 5.32 Å². The standard InChI is InChI=1S/C19H18FN3O6/c1-11-3-8-15(23(27)28)18(12(11)2)22-16(24)10-29-17(25)9-21-19(26)13-4-6-14(20)7-5-13/h3-8H,9-10H2,1-2H3,(H,21,26)(H,22,24). The highest BCUT2D eigenvalue weighted by Crippen LogP contribution is 2.30. The summed E-state index contributed by atoms with van der Waals surface area (Å²) in [6.07, 6.45) is 0. The number of nitro benzene ring substituents is 1. The summed E-state index contributed by atoms with van der Waals surface area (Å²) in [7, 11) is 0. The summed E-state index contributed by atoms with van der Waals surface area (Å²) in [6.45, 7) is 2.16. The first kappa shape index (κ1) is 21.5. The van der Waals surface area contributed by atoms with Crippen molar-refractivity contribution in [3.05, 3.63) is 69.0 Å². The van der Waals surface area contributed by atoms with Gasteiger partial charge in [-0.2, -0.15) is 0 Å². The van der Waals surface area contributed by atoms with Crippen LogP contribution in [-0.2, 0) is 14.3 Å². The van der Waals surface area contributed by atoms with Gasteiger partial charge in [0.1, 0.15) is 18.0 Å². The number of amides is 2. The molecule has 0 saturated heterocycles. The minimum Gasteiger partial charge on any atom is -0.454 e. The topological polar surface area (TPSA) is 128 Å². The molecule has 0 aromatic heterocycles. The Labute approximate surface area is 165 Å². The number of nitrogens with one attached hydrogen (secondary N) is 2. The second-order valence-electron chi connectivity index (χ2n) is 6.06. The van der Waals surface area contributed by atoms with E-state index < -0.39 is 41.7 Å². The molecule has 10 heteroatoms. The SMILES string of the molecule is Cc1ccc([N+](=O)[O-])c(NC(=O)COC(=O)CNC(=O)c2ccc(F)cc2)c1C. The predicted molar refractivity (Wildman–Crippen MR) is 101 cm³/mol. The van der Waals surface area contributed by atoms with E-state index in [4.69, 9.17) is 4.74 Å². The molecule has 0 aliphatic heterocycles. The Kier molecular flexibility index (Phi) is 6.96. The zero-order valence-electron chi connectivity index (χ0n) is 15.7. The molecule has 0 bridgehead atoms. The van der Waals surface area contributed by atoms with Crippen LogP contribution >= 0.6 is 0 Å². The smallest absolute Gasteiger partial charge is 0.325 e. The van der Waals surface area contributed by atoms with Crippen molar-refractivity contribution in [1.29, 1.82) is 0 Å². The van der Waals surface area contributed by atoms with Crippen LogP contribution in [0.1, 0.15) is 21.5 Å². The van der Waals surface area contributed by atoms with Gasteiger partial charge in [-0.05, 0) is 49.2 Å². The Morgan fingerprint density at radius 2 is 1.76 bits per heavy atom. The fourth-order valence-electron chi connectivity index (χ4n) is 2.34. The average Bonchev–Trinajstić information content (AvgIpc) is 2.68. The van der Waals surface area contributed by atoms with Crippen LogP contribution in [-0.4, -0.2) is 35.9 Å². The van der Waals surface area contributed by atoms with Crippen LogP contribution in [0.15, 0.2) is 36.4 Å². The molecule has 2 rings (SSSR count). The Balaban J connectivity index is 1.87. The molecule has 0 spiro atoms. The highest BCUT2D eigenvalue weighted by Gasteiger charge is 2.20. The molecule has 2 aromatic rings. The Hall–Kier alpha value is -3.82. The molecule has 0 unspecified atom stereocenters. The Bertz CT molecular complexity index is 959. The largest absolute Gasteiger partial charge is 0.454 e. The zero-order chi connectivity index (χ0) is 21.6. The van der Waals surface area contributed by atoms with Crippen molar-refractivity contribution in [2.45, 2.75) is 13.8 Å². The molecular weight excluding hydrogens is 385 g/mol. The first-order valence-electron chi connectivity index (χ1n) is 8.43. The molecule has 0 atom stereocenters. The first-order chi connectivity index (χ1) is 13.7. The number of hydrogen-bond donors (Lipinski definition) is 2. The fraction of sp³-hybridized carbons (Fsp3) is 0.211. The fourth-order valence-corrected chi connectivity index (χ4v) is 2.34. The van der Waals surface area contributed by atoms with Gasteiger partial charge in [-0.1, -0.05) is 6.07 Å². The van der Waals surface area contributed by atoms with Crippen molar-refractivity contribution in [3.63, 3.8) is 0 Å². The monoisotopic (exact) mass is 403 g/mol. The lowest BCUT2D eigenvalue weighted by Gasteiger charge is -2.11. The van der Waals surface area contributed by atoms with Crippen molar-refractivity contribution >= 4 is 29.2 Å². The van der Waals surface area contributed by atoms with Crippen molar-refractivity contribution < 1.29 is 28.4 Å². The van der Waals surface area contributed by atoms with Crippen LogP contribution in [0.4, 0.5) is 15.8 Å². The van der Waals surface area contributed by atoms with E-state index in [1.54, 1.807) is 19.9 Å².